The summed E-state index contributed by atoms with van der Waals surface area (Å²) >= 11 is 0. The number of nitrogens with one attached hydrogen (secondary N) is 3. The van der Waals surface area contributed by atoms with Crippen molar-refractivity contribution in [3.63, 3.8) is 0 Å². The minimum absolute atomic E-state index is 0.137. The number of nitrogens with zero attached hydrogens (tertiary/aromatic N) is 1. The number of hydrogen-bond acceptors (Lipinski definition) is 3. The van der Waals surface area contributed by atoms with Gasteiger partial charge in [-0.1, -0.05) is 0 Å². The zero-order valence-corrected chi connectivity index (χ0v) is 9.73. The van der Waals surface area contributed by atoms with E-state index in [9.17, 15) is 9.59 Å². The average molecular weight is 244 g/mol. The number of carbonyl (C=O) groups is 2. The maximum atomic E-state index is 11.7. The molecule has 0 aliphatic carbocycles. The van der Waals surface area contributed by atoms with Crippen LogP contribution in [0.4, 0.5) is 11.4 Å². The fourth-order valence-corrected chi connectivity index (χ4v) is 1.42. The zero-order valence-electron chi connectivity index (χ0n) is 9.73. The smallest absolute Gasteiger partial charge is 0.291 e. The van der Waals surface area contributed by atoms with Crippen molar-refractivity contribution in [2.45, 2.75) is 6.92 Å². The molecule has 6 heteroatoms. The van der Waals surface area contributed by atoms with Gasteiger partial charge in [0, 0.05) is 30.7 Å². The van der Waals surface area contributed by atoms with E-state index < -0.39 is 0 Å². The van der Waals surface area contributed by atoms with E-state index in [1.165, 1.54) is 13.1 Å². The molecule has 0 unspecified atom stereocenters. The first-order valence-corrected chi connectivity index (χ1v) is 5.33. The first-order chi connectivity index (χ1) is 8.65. The average Bonchev–Trinajstić information content (AvgIpc) is 2.84. The minimum atomic E-state index is -0.313. The number of carbonyl (C=O) groups excluding carboxylic acids is 2. The van der Waals surface area contributed by atoms with Crippen LogP contribution in [-0.4, -0.2) is 21.8 Å². The number of aromatic amines is 1. The van der Waals surface area contributed by atoms with Gasteiger partial charge < -0.3 is 15.6 Å². The van der Waals surface area contributed by atoms with Gasteiger partial charge in [0.05, 0.1) is 0 Å². The van der Waals surface area contributed by atoms with Gasteiger partial charge in [-0.15, -0.1) is 0 Å². The number of benzene rings is 1. The maximum Gasteiger partial charge on any atom is 0.291 e. The summed E-state index contributed by atoms with van der Waals surface area (Å²) in [5, 5.41) is 5.32. The van der Waals surface area contributed by atoms with Crippen molar-refractivity contribution in [1.29, 1.82) is 0 Å². The molecular weight excluding hydrogens is 232 g/mol. The molecule has 0 saturated carbocycles. The first-order valence-electron chi connectivity index (χ1n) is 5.33. The van der Waals surface area contributed by atoms with Crippen LogP contribution in [0, 0.1) is 0 Å². The highest BCUT2D eigenvalue weighted by Gasteiger charge is 2.07. The molecule has 3 N–H and O–H groups in total. The number of hydrogen-bond donors (Lipinski definition) is 3. The summed E-state index contributed by atoms with van der Waals surface area (Å²) in [4.78, 5) is 29.1. The van der Waals surface area contributed by atoms with E-state index in [1.54, 1.807) is 30.5 Å². The molecule has 2 aromatic rings. The van der Waals surface area contributed by atoms with Crippen LogP contribution in [-0.2, 0) is 4.79 Å². The lowest BCUT2D eigenvalue weighted by atomic mass is 10.2. The fraction of sp³-hybridized carbons (Fsp3) is 0.0833. The van der Waals surface area contributed by atoms with Crippen molar-refractivity contribution < 1.29 is 9.59 Å². The van der Waals surface area contributed by atoms with Crippen LogP contribution in [0.3, 0.4) is 0 Å². The van der Waals surface area contributed by atoms with Crippen molar-refractivity contribution in [3.05, 3.63) is 42.5 Å². The Balaban J connectivity index is 2.02. The van der Waals surface area contributed by atoms with Crippen LogP contribution >= 0.6 is 0 Å². The Morgan fingerprint density at radius 3 is 2.22 bits per heavy atom. The molecule has 0 atom stereocenters. The Morgan fingerprint density at radius 2 is 1.72 bits per heavy atom. The molecule has 1 heterocycles. The molecule has 1 aromatic heterocycles. The van der Waals surface area contributed by atoms with Gasteiger partial charge in [-0.2, -0.15) is 0 Å². The predicted molar refractivity (Wildman–Crippen MR) is 67.3 cm³/mol. The van der Waals surface area contributed by atoms with Crippen molar-refractivity contribution >= 4 is 23.2 Å². The van der Waals surface area contributed by atoms with E-state index in [1.807, 2.05) is 0 Å². The van der Waals surface area contributed by atoms with Gasteiger partial charge in [-0.05, 0) is 24.3 Å². The number of aromatic nitrogens is 2. The highest BCUT2D eigenvalue weighted by molar-refractivity contribution is 6.01. The van der Waals surface area contributed by atoms with Crippen molar-refractivity contribution in [2.75, 3.05) is 10.6 Å². The second kappa shape index (κ2) is 5.13. The summed E-state index contributed by atoms with van der Waals surface area (Å²) in [5.74, 6) is -0.199. The van der Waals surface area contributed by atoms with E-state index >= 15 is 0 Å². The van der Waals surface area contributed by atoms with Gasteiger partial charge in [-0.3, -0.25) is 9.59 Å². The lowest BCUT2D eigenvalue weighted by Gasteiger charge is -2.05. The van der Waals surface area contributed by atoms with Gasteiger partial charge in [0.25, 0.3) is 5.91 Å². The molecule has 2 rings (SSSR count). The van der Waals surface area contributed by atoms with E-state index in [0.717, 1.165) is 0 Å². The molecule has 0 saturated heterocycles. The van der Waals surface area contributed by atoms with Crippen LogP contribution in [0.1, 0.15) is 17.5 Å². The molecule has 18 heavy (non-hydrogen) atoms. The molecule has 0 aliphatic heterocycles. The molecule has 0 radical (unpaired) electrons. The molecular formula is C12H12N4O2. The largest absolute Gasteiger partial charge is 0.341 e. The second-order valence-corrected chi connectivity index (χ2v) is 3.65. The quantitative estimate of drug-likeness (QED) is 0.766. The number of rotatable bonds is 3. The third kappa shape index (κ3) is 2.94. The molecule has 1 aromatic carbocycles. The third-order valence-corrected chi connectivity index (χ3v) is 2.18. The highest BCUT2D eigenvalue weighted by atomic mass is 16.2. The molecule has 6 nitrogen and oxygen atoms in total. The van der Waals surface area contributed by atoms with E-state index in [2.05, 4.69) is 20.6 Å². The van der Waals surface area contributed by atoms with E-state index in [4.69, 9.17) is 0 Å². The maximum absolute atomic E-state index is 11.7. The van der Waals surface area contributed by atoms with Crippen LogP contribution in [0.25, 0.3) is 0 Å². The lowest BCUT2D eigenvalue weighted by Crippen LogP contribution is -2.13. The summed E-state index contributed by atoms with van der Waals surface area (Å²) in [6.07, 6.45) is 3.09. The lowest BCUT2D eigenvalue weighted by molar-refractivity contribution is -0.114. The third-order valence-electron chi connectivity index (χ3n) is 2.18. The van der Waals surface area contributed by atoms with Gasteiger partial charge in [0.15, 0.2) is 5.82 Å². The number of H-pyrrole nitrogens is 1. The van der Waals surface area contributed by atoms with Crippen molar-refractivity contribution in [2.24, 2.45) is 0 Å². The summed E-state index contributed by atoms with van der Waals surface area (Å²) in [7, 11) is 0. The Labute approximate surface area is 103 Å². The van der Waals surface area contributed by atoms with Crippen molar-refractivity contribution in [3.8, 4) is 0 Å². The Hall–Kier alpha value is -2.63. The van der Waals surface area contributed by atoms with Gasteiger partial charge in [-0.25, -0.2) is 4.98 Å². The topological polar surface area (TPSA) is 86.9 Å². The van der Waals surface area contributed by atoms with Crippen LogP contribution in [0.5, 0.6) is 0 Å². The Kier molecular flexibility index (Phi) is 3.38. The van der Waals surface area contributed by atoms with Gasteiger partial charge in [0.1, 0.15) is 0 Å². The van der Waals surface area contributed by atoms with Gasteiger partial charge in [0.2, 0.25) is 5.91 Å². The molecule has 0 aliphatic rings. The molecule has 92 valence electrons. The predicted octanol–water partition coefficient (Wildman–Crippen LogP) is 1.62. The van der Waals surface area contributed by atoms with Crippen LogP contribution in [0.2, 0.25) is 0 Å². The van der Waals surface area contributed by atoms with Crippen LogP contribution in [0.15, 0.2) is 36.7 Å². The monoisotopic (exact) mass is 244 g/mol. The highest BCUT2D eigenvalue weighted by Crippen LogP contribution is 2.13. The van der Waals surface area contributed by atoms with E-state index in [-0.39, 0.29) is 17.6 Å². The van der Waals surface area contributed by atoms with E-state index in [0.29, 0.717) is 11.4 Å². The summed E-state index contributed by atoms with van der Waals surface area (Å²) in [5.41, 5.74) is 1.31. The molecule has 2 amide bonds. The van der Waals surface area contributed by atoms with Gasteiger partial charge >= 0.3 is 0 Å². The minimum Gasteiger partial charge on any atom is -0.341 e. The normalized spacial score (nSPS) is 9.83. The first kappa shape index (κ1) is 11.8. The number of imidazole rings is 1. The Morgan fingerprint density at radius 1 is 1.11 bits per heavy atom. The summed E-state index contributed by atoms with van der Waals surface area (Å²) in [6.45, 7) is 1.44. The summed E-state index contributed by atoms with van der Waals surface area (Å²) < 4.78 is 0. The van der Waals surface area contributed by atoms with Crippen molar-refractivity contribution in [1.82, 2.24) is 9.97 Å². The fourth-order valence-electron chi connectivity index (χ4n) is 1.42. The second-order valence-electron chi connectivity index (χ2n) is 3.65. The Bertz CT molecular complexity index is 546. The molecule has 0 bridgehead atoms. The standard InChI is InChI=1S/C12H12N4O2/c1-8(17)15-9-2-4-10(5-3-9)16-12(18)11-13-6-7-14-11/h2-7H,1H3,(H,13,14)(H,15,17)(H,16,18). The zero-order chi connectivity index (χ0) is 13.0. The molecule has 0 fully saturated rings. The van der Waals surface area contributed by atoms with Crippen LogP contribution < -0.4 is 10.6 Å². The number of anilines is 2. The molecule has 0 spiro atoms. The SMILES string of the molecule is CC(=O)Nc1ccc(NC(=O)c2ncc[nH]2)cc1. The summed E-state index contributed by atoms with van der Waals surface area (Å²) in [6, 6.07) is 6.82. The number of amides is 2.